The van der Waals surface area contributed by atoms with Gasteiger partial charge in [0, 0.05) is 27.1 Å². The highest BCUT2D eigenvalue weighted by Crippen LogP contribution is 2.26. The molecule has 4 heteroatoms. The number of carbonyl (C=O) groups is 1. The van der Waals surface area contributed by atoms with Crippen molar-refractivity contribution in [3.63, 3.8) is 0 Å². The lowest BCUT2D eigenvalue weighted by molar-refractivity contribution is 0.0973. The Balaban J connectivity index is 1.93. The molecule has 0 bridgehead atoms. The second-order valence-corrected chi connectivity index (χ2v) is 5.63. The molecule has 0 fully saturated rings. The molecule has 21 heavy (non-hydrogen) atoms. The number of hydrogen-bond acceptors (Lipinski definition) is 2. The summed E-state index contributed by atoms with van der Waals surface area (Å²) < 4.78 is 8.12. The zero-order valence-corrected chi connectivity index (χ0v) is 13.1. The Morgan fingerprint density at radius 3 is 2.81 bits per heavy atom. The van der Waals surface area contributed by atoms with Gasteiger partial charge in [-0.2, -0.15) is 0 Å². The summed E-state index contributed by atoms with van der Waals surface area (Å²) in [5.74, 6) is 0.751. The molecule has 0 spiro atoms. The molecule has 0 aliphatic carbocycles. The number of aromatic nitrogens is 1. The zero-order chi connectivity index (χ0) is 14.8. The maximum absolute atomic E-state index is 12.4. The fourth-order valence-corrected chi connectivity index (χ4v) is 2.96. The van der Waals surface area contributed by atoms with E-state index < -0.39 is 0 Å². The summed E-state index contributed by atoms with van der Waals surface area (Å²) >= 11 is 3.53. The molecule has 0 saturated heterocycles. The summed E-state index contributed by atoms with van der Waals surface area (Å²) in [6, 6.07) is 15.2. The van der Waals surface area contributed by atoms with Crippen molar-refractivity contribution in [1.29, 1.82) is 0 Å². The molecule has 1 aromatic heterocycles. The fraction of sp³-hybridized carbons (Fsp3) is 0.118. The van der Waals surface area contributed by atoms with Crippen LogP contribution in [0.15, 0.2) is 59.2 Å². The monoisotopic (exact) mass is 343 g/mol. The molecule has 0 aliphatic heterocycles. The third kappa shape index (κ3) is 2.72. The number of Topliss-reactive ketones (excluding diaryl/α,β-unsaturated/α-hetero) is 1. The van der Waals surface area contributed by atoms with Crippen molar-refractivity contribution in [1.82, 2.24) is 4.57 Å². The Labute approximate surface area is 131 Å². The predicted molar refractivity (Wildman–Crippen MR) is 87.0 cm³/mol. The highest BCUT2D eigenvalue weighted by atomic mass is 79.9. The average molecular weight is 344 g/mol. The number of methoxy groups -OCH3 is 1. The highest BCUT2D eigenvalue weighted by Gasteiger charge is 2.11. The van der Waals surface area contributed by atoms with E-state index >= 15 is 0 Å². The summed E-state index contributed by atoms with van der Waals surface area (Å²) in [6.45, 7) is 0.305. The third-order valence-electron chi connectivity index (χ3n) is 3.45. The molecule has 3 rings (SSSR count). The van der Waals surface area contributed by atoms with Crippen LogP contribution in [0.4, 0.5) is 0 Å². The second-order valence-electron chi connectivity index (χ2n) is 4.78. The van der Waals surface area contributed by atoms with Crippen molar-refractivity contribution in [3.8, 4) is 5.75 Å². The molecule has 0 N–H and O–H groups in total. The Bertz CT molecular complexity index is 807. The molecule has 0 amide bonds. The summed E-state index contributed by atoms with van der Waals surface area (Å²) in [4.78, 5) is 12.4. The van der Waals surface area contributed by atoms with Crippen LogP contribution >= 0.6 is 15.9 Å². The smallest absolute Gasteiger partial charge is 0.182 e. The minimum absolute atomic E-state index is 0.0575. The lowest BCUT2D eigenvalue weighted by Crippen LogP contribution is -2.09. The molecule has 1 heterocycles. The predicted octanol–water partition coefficient (Wildman–Crippen LogP) is 4.30. The first-order chi connectivity index (χ1) is 10.2. The number of fused-ring (bicyclic) bond motifs is 1. The number of hydrogen-bond donors (Lipinski definition) is 0. The van der Waals surface area contributed by atoms with E-state index in [1.54, 1.807) is 13.2 Å². The Morgan fingerprint density at radius 1 is 1.19 bits per heavy atom. The quantitative estimate of drug-likeness (QED) is 0.661. The minimum atomic E-state index is 0.0575. The van der Waals surface area contributed by atoms with E-state index in [-0.39, 0.29) is 5.78 Å². The molecule has 0 unspecified atom stereocenters. The van der Waals surface area contributed by atoms with E-state index in [4.69, 9.17) is 4.74 Å². The number of nitrogens with zero attached hydrogens (tertiary/aromatic N) is 1. The van der Waals surface area contributed by atoms with Crippen molar-refractivity contribution in [3.05, 3.63) is 64.8 Å². The van der Waals surface area contributed by atoms with Crippen LogP contribution in [-0.4, -0.2) is 17.5 Å². The summed E-state index contributed by atoms with van der Waals surface area (Å²) in [5.41, 5.74) is 1.70. The molecule has 2 aromatic carbocycles. The van der Waals surface area contributed by atoms with Crippen molar-refractivity contribution in [2.75, 3.05) is 7.11 Å². The second kappa shape index (κ2) is 5.74. The maximum atomic E-state index is 12.4. The Kier molecular flexibility index (Phi) is 3.80. The molecule has 3 aromatic rings. The van der Waals surface area contributed by atoms with Crippen LogP contribution in [0.3, 0.4) is 0 Å². The van der Waals surface area contributed by atoms with E-state index in [9.17, 15) is 4.79 Å². The van der Waals surface area contributed by atoms with Gasteiger partial charge in [0.05, 0.1) is 13.7 Å². The van der Waals surface area contributed by atoms with Crippen molar-refractivity contribution < 1.29 is 9.53 Å². The Morgan fingerprint density at radius 2 is 2.00 bits per heavy atom. The Hall–Kier alpha value is -2.07. The highest BCUT2D eigenvalue weighted by molar-refractivity contribution is 9.10. The first kappa shape index (κ1) is 13.9. The zero-order valence-electron chi connectivity index (χ0n) is 11.5. The van der Waals surface area contributed by atoms with Crippen LogP contribution < -0.4 is 4.74 Å². The van der Waals surface area contributed by atoms with E-state index in [0.717, 1.165) is 15.4 Å². The molecule has 0 atom stereocenters. The van der Waals surface area contributed by atoms with Crippen LogP contribution in [0.2, 0.25) is 0 Å². The number of carbonyl (C=O) groups excluding carboxylic acids is 1. The SMILES string of the molecule is COc1cccc(C(=O)Cn2cc(Br)c3ccccc32)c1. The van der Waals surface area contributed by atoms with E-state index in [2.05, 4.69) is 15.9 Å². The molecule has 0 aliphatic rings. The lowest BCUT2D eigenvalue weighted by atomic mass is 10.1. The summed E-state index contributed by atoms with van der Waals surface area (Å²) in [6.07, 6.45) is 1.95. The fourth-order valence-electron chi connectivity index (χ4n) is 2.38. The lowest BCUT2D eigenvalue weighted by Gasteiger charge is -2.06. The van der Waals surface area contributed by atoms with Crippen LogP contribution in [0, 0.1) is 0 Å². The molecule has 0 saturated carbocycles. The van der Waals surface area contributed by atoms with Gasteiger partial charge in [-0.05, 0) is 34.1 Å². The summed E-state index contributed by atoms with van der Waals surface area (Å²) in [7, 11) is 1.60. The van der Waals surface area contributed by atoms with Gasteiger partial charge >= 0.3 is 0 Å². The van der Waals surface area contributed by atoms with Crippen molar-refractivity contribution in [2.24, 2.45) is 0 Å². The normalized spacial score (nSPS) is 10.8. The standard InChI is InChI=1S/C17H14BrNO2/c1-21-13-6-4-5-12(9-13)17(20)11-19-10-15(18)14-7-2-3-8-16(14)19/h2-10H,11H2,1H3. The number of halogens is 1. The van der Waals surface area contributed by atoms with Gasteiger partial charge in [0.25, 0.3) is 0 Å². The third-order valence-corrected chi connectivity index (χ3v) is 4.08. The largest absolute Gasteiger partial charge is 0.497 e. The average Bonchev–Trinajstić information content (AvgIpc) is 2.84. The summed E-state index contributed by atoms with van der Waals surface area (Å²) in [5, 5.41) is 1.11. The molecular weight excluding hydrogens is 330 g/mol. The number of para-hydroxylation sites is 1. The maximum Gasteiger partial charge on any atom is 0.182 e. The first-order valence-corrected chi connectivity index (χ1v) is 7.39. The van der Waals surface area contributed by atoms with Gasteiger partial charge in [0.2, 0.25) is 0 Å². The van der Waals surface area contributed by atoms with Gasteiger partial charge in [-0.3, -0.25) is 4.79 Å². The number of benzene rings is 2. The van der Waals surface area contributed by atoms with Crippen LogP contribution in [-0.2, 0) is 6.54 Å². The van der Waals surface area contributed by atoms with Gasteiger partial charge in [0.15, 0.2) is 5.78 Å². The number of ketones is 1. The van der Waals surface area contributed by atoms with Crippen LogP contribution in [0.1, 0.15) is 10.4 Å². The number of ether oxygens (including phenoxy) is 1. The van der Waals surface area contributed by atoms with E-state index in [0.29, 0.717) is 17.9 Å². The topological polar surface area (TPSA) is 31.2 Å². The molecule has 3 nitrogen and oxygen atoms in total. The van der Waals surface area contributed by atoms with Gasteiger partial charge in [0.1, 0.15) is 5.75 Å². The van der Waals surface area contributed by atoms with Gasteiger partial charge in [-0.1, -0.05) is 30.3 Å². The molecule has 106 valence electrons. The van der Waals surface area contributed by atoms with E-state index in [1.807, 2.05) is 53.2 Å². The van der Waals surface area contributed by atoms with Gasteiger partial charge < -0.3 is 9.30 Å². The van der Waals surface area contributed by atoms with Gasteiger partial charge in [-0.25, -0.2) is 0 Å². The van der Waals surface area contributed by atoms with Crippen molar-refractivity contribution >= 4 is 32.6 Å². The van der Waals surface area contributed by atoms with Gasteiger partial charge in [-0.15, -0.1) is 0 Å². The molecular formula is C17H14BrNO2. The minimum Gasteiger partial charge on any atom is -0.497 e. The first-order valence-electron chi connectivity index (χ1n) is 6.59. The van der Waals surface area contributed by atoms with E-state index in [1.165, 1.54) is 0 Å². The van der Waals surface area contributed by atoms with Crippen LogP contribution in [0.25, 0.3) is 10.9 Å². The number of rotatable bonds is 4. The van der Waals surface area contributed by atoms with Crippen molar-refractivity contribution in [2.45, 2.75) is 6.54 Å². The van der Waals surface area contributed by atoms with Crippen LogP contribution in [0.5, 0.6) is 5.75 Å². The molecule has 0 radical (unpaired) electrons.